The van der Waals surface area contributed by atoms with Crippen molar-refractivity contribution < 1.29 is 14.0 Å². The van der Waals surface area contributed by atoms with E-state index in [4.69, 9.17) is 4.42 Å². The molecule has 0 amide bonds. The standard InChI is InChI=1S/C27H24O3/c1-26(2)13-24(28)27(3,16-26)23-15-30-14-22(23)25(29)21-12-17-8-4-5-9-18(17)19-10-6-7-11-20(19)21/h4-12,14-15H,13,16H2,1-3H3. The molecule has 1 fully saturated rings. The zero-order chi connectivity index (χ0) is 21.1. The molecule has 30 heavy (non-hydrogen) atoms. The maximum atomic E-state index is 13.8. The van der Waals surface area contributed by atoms with Gasteiger partial charge in [0.1, 0.15) is 12.0 Å². The second-order valence-electron chi connectivity index (χ2n) is 9.49. The smallest absolute Gasteiger partial charge is 0.197 e. The molecule has 1 aliphatic carbocycles. The van der Waals surface area contributed by atoms with Crippen LogP contribution in [0, 0.1) is 5.41 Å². The third-order valence-electron chi connectivity index (χ3n) is 6.60. The molecule has 0 spiro atoms. The molecule has 3 aromatic carbocycles. The van der Waals surface area contributed by atoms with Gasteiger partial charge in [-0.3, -0.25) is 9.59 Å². The monoisotopic (exact) mass is 396 g/mol. The second kappa shape index (κ2) is 6.40. The van der Waals surface area contributed by atoms with Gasteiger partial charge in [0.2, 0.25) is 0 Å². The third kappa shape index (κ3) is 2.72. The molecule has 1 heterocycles. The van der Waals surface area contributed by atoms with Gasteiger partial charge in [-0.1, -0.05) is 62.4 Å². The molecular weight excluding hydrogens is 372 g/mol. The molecule has 4 aromatic rings. The SMILES string of the molecule is CC1(C)CC(=O)C(C)(c2cocc2C(=O)c2cc3ccccc3c3ccccc23)C1. The quantitative estimate of drug-likeness (QED) is 0.295. The summed E-state index contributed by atoms with van der Waals surface area (Å²) in [6.45, 7) is 6.16. The molecule has 0 aliphatic heterocycles. The minimum atomic E-state index is -0.700. The number of rotatable bonds is 3. The van der Waals surface area contributed by atoms with E-state index in [0.717, 1.165) is 21.5 Å². The fourth-order valence-corrected chi connectivity index (χ4v) is 5.28. The first-order valence-corrected chi connectivity index (χ1v) is 10.4. The summed E-state index contributed by atoms with van der Waals surface area (Å²) in [6, 6.07) is 18.0. The number of hydrogen-bond acceptors (Lipinski definition) is 3. The van der Waals surface area contributed by atoms with Gasteiger partial charge >= 0.3 is 0 Å². The molecule has 1 aliphatic rings. The van der Waals surface area contributed by atoms with Crippen molar-refractivity contribution in [1.29, 1.82) is 0 Å². The van der Waals surface area contributed by atoms with Gasteiger partial charge in [0.15, 0.2) is 5.78 Å². The van der Waals surface area contributed by atoms with E-state index >= 15 is 0 Å². The molecule has 1 aromatic heterocycles. The first-order valence-electron chi connectivity index (χ1n) is 10.4. The van der Waals surface area contributed by atoms with Gasteiger partial charge in [-0.25, -0.2) is 0 Å². The Labute approximate surface area is 175 Å². The van der Waals surface area contributed by atoms with Crippen LogP contribution in [-0.4, -0.2) is 11.6 Å². The number of benzene rings is 3. The van der Waals surface area contributed by atoms with E-state index in [1.807, 2.05) is 49.4 Å². The highest BCUT2D eigenvalue weighted by atomic mass is 16.3. The lowest BCUT2D eigenvalue weighted by Gasteiger charge is -2.24. The number of hydrogen-bond donors (Lipinski definition) is 0. The van der Waals surface area contributed by atoms with E-state index in [-0.39, 0.29) is 17.0 Å². The van der Waals surface area contributed by atoms with E-state index in [1.54, 1.807) is 6.26 Å². The van der Waals surface area contributed by atoms with Crippen molar-refractivity contribution in [2.45, 2.75) is 39.0 Å². The minimum absolute atomic E-state index is 0.0843. The highest BCUT2D eigenvalue weighted by Gasteiger charge is 2.50. The Balaban J connectivity index is 1.70. The molecular formula is C27H24O3. The predicted molar refractivity (Wildman–Crippen MR) is 119 cm³/mol. The van der Waals surface area contributed by atoms with Crippen LogP contribution in [0.1, 0.15) is 55.1 Å². The zero-order valence-electron chi connectivity index (χ0n) is 17.5. The Kier molecular flexibility index (Phi) is 4.01. The number of furan rings is 1. The largest absolute Gasteiger partial charge is 0.472 e. The van der Waals surface area contributed by atoms with Crippen molar-refractivity contribution in [3.05, 3.63) is 83.8 Å². The summed E-state index contributed by atoms with van der Waals surface area (Å²) < 4.78 is 5.51. The van der Waals surface area contributed by atoms with Crippen molar-refractivity contribution in [3.63, 3.8) is 0 Å². The summed E-state index contributed by atoms with van der Waals surface area (Å²) in [5, 5.41) is 4.11. The lowest BCUT2D eigenvalue weighted by atomic mass is 9.76. The lowest BCUT2D eigenvalue weighted by Crippen LogP contribution is -2.28. The van der Waals surface area contributed by atoms with Gasteiger partial charge in [0.05, 0.1) is 17.2 Å². The summed E-state index contributed by atoms with van der Waals surface area (Å²) >= 11 is 0. The lowest BCUT2D eigenvalue weighted by molar-refractivity contribution is -0.121. The fourth-order valence-electron chi connectivity index (χ4n) is 5.28. The molecule has 1 atom stereocenters. The zero-order valence-corrected chi connectivity index (χ0v) is 17.5. The van der Waals surface area contributed by atoms with Crippen molar-refractivity contribution >= 4 is 33.1 Å². The van der Waals surface area contributed by atoms with Crippen LogP contribution in [0.2, 0.25) is 0 Å². The van der Waals surface area contributed by atoms with Gasteiger partial charge < -0.3 is 4.42 Å². The van der Waals surface area contributed by atoms with Crippen LogP contribution >= 0.6 is 0 Å². The van der Waals surface area contributed by atoms with Crippen LogP contribution in [0.3, 0.4) is 0 Å². The first-order chi connectivity index (χ1) is 14.3. The Morgan fingerprint density at radius 2 is 1.53 bits per heavy atom. The van der Waals surface area contributed by atoms with E-state index in [1.165, 1.54) is 6.26 Å². The number of fused-ring (bicyclic) bond motifs is 3. The first kappa shape index (κ1) is 18.8. The Morgan fingerprint density at radius 1 is 0.867 bits per heavy atom. The Hall–Kier alpha value is -3.20. The van der Waals surface area contributed by atoms with Crippen LogP contribution in [0.15, 0.2) is 71.5 Å². The van der Waals surface area contributed by atoms with Crippen molar-refractivity contribution in [3.8, 4) is 0 Å². The molecule has 5 rings (SSSR count). The highest BCUT2D eigenvalue weighted by Crippen LogP contribution is 2.49. The highest BCUT2D eigenvalue weighted by molar-refractivity contribution is 6.22. The average Bonchev–Trinajstić information content (AvgIpc) is 3.30. The van der Waals surface area contributed by atoms with E-state index in [0.29, 0.717) is 29.5 Å². The van der Waals surface area contributed by atoms with E-state index < -0.39 is 5.41 Å². The minimum Gasteiger partial charge on any atom is -0.472 e. The van der Waals surface area contributed by atoms with Gasteiger partial charge in [0, 0.05) is 17.5 Å². The number of Topliss-reactive ketones (excluding diaryl/α,β-unsaturated/α-hetero) is 1. The fraction of sp³-hybridized carbons (Fsp3) is 0.259. The van der Waals surface area contributed by atoms with Gasteiger partial charge in [0.25, 0.3) is 0 Å². The van der Waals surface area contributed by atoms with Crippen LogP contribution in [0.5, 0.6) is 0 Å². The molecule has 0 radical (unpaired) electrons. The average molecular weight is 396 g/mol. The van der Waals surface area contributed by atoms with Gasteiger partial charge in [-0.15, -0.1) is 0 Å². The number of carbonyl (C=O) groups excluding carboxylic acids is 2. The number of ketones is 2. The normalized spacial score (nSPS) is 20.8. The molecule has 0 N–H and O–H groups in total. The molecule has 0 bridgehead atoms. The van der Waals surface area contributed by atoms with E-state index in [2.05, 4.69) is 26.0 Å². The predicted octanol–water partition coefficient (Wildman–Crippen LogP) is 6.46. The van der Waals surface area contributed by atoms with E-state index in [9.17, 15) is 9.59 Å². The molecule has 1 unspecified atom stereocenters. The Bertz CT molecular complexity index is 1320. The summed E-state index contributed by atoms with van der Waals surface area (Å²) in [4.78, 5) is 26.7. The molecule has 3 nitrogen and oxygen atoms in total. The third-order valence-corrected chi connectivity index (χ3v) is 6.60. The molecule has 3 heteroatoms. The number of carbonyl (C=O) groups is 2. The topological polar surface area (TPSA) is 47.3 Å². The molecule has 1 saturated carbocycles. The summed E-state index contributed by atoms with van der Waals surface area (Å²) in [6.07, 6.45) is 4.32. The van der Waals surface area contributed by atoms with Crippen LogP contribution < -0.4 is 0 Å². The van der Waals surface area contributed by atoms with Crippen LogP contribution in [-0.2, 0) is 10.2 Å². The van der Waals surface area contributed by atoms with Crippen molar-refractivity contribution in [2.24, 2.45) is 5.41 Å². The van der Waals surface area contributed by atoms with Crippen molar-refractivity contribution in [1.82, 2.24) is 0 Å². The molecule has 0 saturated heterocycles. The van der Waals surface area contributed by atoms with Crippen molar-refractivity contribution in [2.75, 3.05) is 0 Å². The molecule has 150 valence electrons. The van der Waals surface area contributed by atoms with Crippen LogP contribution in [0.4, 0.5) is 0 Å². The maximum absolute atomic E-state index is 13.8. The van der Waals surface area contributed by atoms with Crippen LogP contribution in [0.25, 0.3) is 21.5 Å². The van der Waals surface area contributed by atoms with Gasteiger partial charge in [-0.05, 0) is 46.4 Å². The summed E-state index contributed by atoms with van der Waals surface area (Å²) in [5.41, 5.74) is 1.05. The summed E-state index contributed by atoms with van der Waals surface area (Å²) in [5.74, 6) is 0.0748. The summed E-state index contributed by atoms with van der Waals surface area (Å²) in [7, 11) is 0. The maximum Gasteiger partial charge on any atom is 0.197 e. The Morgan fingerprint density at radius 3 is 2.23 bits per heavy atom. The van der Waals surface area contributed by atoms with Gasteiger partial charge in [-0.2, -0.15) is 0 Å². The second-order valence-corrected chi connectivity index (χ2v) is 9.49.